The second-order valence-corrected chi connectivity index (χ2v) is 21.1. The number of rotatable bonds is 6. The SMILES string of the molecule is CC(C)(C)[Si](C)(C)OC[C@H]1O[C@@H](n2ccc(=N)n(O)c2=O)C[C@@H]1O[Si](C)(C)C(C)(C)C. The van der Waals surface area contributed by atoms with Crippen molar-refractivity contribution in [3.8, 4) is 0 Å². The maximum Gasteiger partial charge on any atom is 0.364 e. The van der Waals surface area contributed by atoms with E-state index in [-0.39, 0.29) is 27.8 Å². The van der Waals surface area contributed by atoms with Crippen molar-refractivity contribution in [2.24, 2.45) is 0 Å². The van der Waals surface area contributed by atoms with Crippen LogP contribution in [0.5, 0.6) is 0 Å². The van der Waals surface area contributed by atoms with Gasteiger partial charge in [-0.25, -0.2) is 4.79 Å². The van der Waals surface area contributed by atoms with Gasteiger partial charge in [-0.3, -0.25) is 9.98 Å². The quantitative estimate of drug-likeness (QED) is 0.481. The standard InChI is InChI=1S/C21H41N3O5Si2/c1-20(2,3)30(7,8)27-14-16-15(29-31(9,10)21(4,5)6)13-18(28-16)23-12-11-17(22)24(26)19(23)25/h11-12,15-16,18,22,26H,13-14H2,1-10H3/t15-,16+,18+/m0/s1. The third-order valence-corrected chi connectivity index (χ3v) is 16.2. The van der Waals surface area contributed by atoms with E-state index >= 15 is 0 Å². The van der Waals surface area contributed by atoms with Crippen molar-refractivity contribution < 1.29 is 18.8 Å². The van der Waals surface area contributed by atoms with Crippen LogP contribution in [0.15, 0.2) is 17.1 Å². The van der Waals surface area contributed by atoms with Crippen molar-refractivity contribution in [2.45, 2.75) is 103 Å². The first kappa shape index (κ1) is 26.0. The Labute approximate surface area is 187 Å². The molecule has 1 aliphatic rings. The highest BCUT2D eigenvalue weighted by Crippen LogP contribution is 2.42. The minimum atomic E-state index is -2.08. The van der Waals surface area contributed by atoms with Gasteiger partial charge in [0.15, 0.2) is 22.1 Å². The van der Waals surface area contributed by atoms with Crippen LogP contribution < -0.4 is 11.2 Å². The Balaban J connectivity index is 2.32. The lowest BCUT2D eigenvalue weighted by Crippen LogP contribution is -2.48. The van der Waals surface area contributed by atoms with E-state index in [0.29, 0.717) is 17.8 Å². The first-order chi connectivity index (χ1) is 13.9. The highest BCUT2D eigenvalue weighted by atomic mass is 28.4. The van der Waals surface area contributed by atoms with Crippen molar-refractivity contribution in [2.75, 3.05) is 6.61 Å². The average molecular weight is 472 g/mol. The Bertz CT molecular complexity index is 896. The molecule has 1 aliphatic heterocycles. The lowest BCUT2D eigenvalue weighted by atomic mass is 10.2. The van der Waals surface area contributed by atoms with Crippen molar-refractivity contribution >= 4 is 16.6 Å². The number of nitrogens with one attached hydrogen (secondary N) is 1. The van der Waals surface area contributed by atoms with Gasteiger partial charge in [0, 0.05) is 18.7 Å². The van der Waals surface area contributed by atoms with Crippen LogP contribution in [0, 0.1) is 5.41 Å². The van der Waals surface area contributed by atoms with Crippen LogP contribution >= 0.6 is 0 Å². The highest BCUT2D eigenvalue weighted by Gasteiger charge is 2.46. The molecule has 0 unspecified atom stereocenters. The highest BCUT2D eigenvalue weighted by molar-refractivity contribution is 6.74. The van der Waals surface area contributed by atoms with E-state index in [1.54, 1.807) is 0 Å². The predicted molar refractivity (Wildman–Crippen MR) is 125 cm³/mol. The summed E-state index contributed by atoms with van der Waals surface area (Å²) in [5.74, 6) is 0. The van der Waals surface area contributed by atoms with Gasteiger partial charge in [0.25, 0.3) is 0 Å². The lowest BCUT2D eigenvalue weighted by molar-refractivity contribution is -0.0435. The molecule has 3 atom stereocenters. The molecular formula is C21H41N3O5Si2. The van der Waals surface area contributed by atoms with Crippen molar-refractivity contribution in [1.29, 1.82) is 5.41 Å². The lowest BCUT2D eigenvalue weighted by Gasteiger charge is -2.40. The first-order valence-corrected chi connectivity index (χ1v) is 16.7. The first-order valence-electron chi connectivity index (χ1n) is 10.9. The van der Waals surface area contributed by atoms with Crippen LogP contribution in [-0.4, -0.2) is 50.0 Å². The third kappa shape index (κ3) is 5.59. The molecule has 0 bridgehead atoms. The molecular weight excluding hydrogens is 430 g/mol. The van der Waals surface area contributed by atoms with E-state index < -0.39 is 28.6 Å². The predicted octanol–water partition coefficient (Wildman–Crippen LogP) is 4.07. The van der Waals surface area contributed by atoms with Crippen LogP contribution in [-0.2, 0) is 13.6 Å². The second kappa shape index (κ2) is 8.62. The number of nitrogens with zero attached hydrogens (tertiary/aromatic N) is 2. The van der Waals surface area contributed by atoms with Crippen LogP contribution in [0.3, 0.4) is 0 Å². The van der Waals surface area contributed by atoms with Gasteiger partial charge in [0.2, 0.25) is 0 Å². The van der Waals surface area contributed by atoms with Crippen LogP contribution in [0.25, 0.3) is 0 Å². The van der Waals surface area contributed by atoms with Crippen molar-refractivity contribution in [1.82, 2.24) is 9.30 Å². The molecule has 2 rings (SSSR count). The van der Waals surface area contributed by atoms with E-state index in [0.717, 1.165) is 0 Å². The molecule has 178 valence electrons. The number of aromatic nitrogens is 2. The molecule has 2 heterocycles. The fraction of sp³-hybridized carbons (Fsp3) is 0.810. The van der Waals surface area contributed by atoms with E-state index in [2.05, 4.69) is 67.7 Å². The van der Waals surface area contributed by atoms with Gasteiger partial charge >= 0.3 is 5.69 Å². The fourth-order valence-electron chi connectivity index (χ4n) is 2.92. The summed E-state index contributed by atoms with van der Waals surface area (Å²) in [5.41, 5.74) is -0.972. The largest absolute Gasteiger partial charge is 0.422 e. The number of hydrogen-bond donors (Lipinski definition) is 2. The molecule has 1 aromatic rings. The summed E-state index contributed by atoms with van der Waals surface area (Å²) < 4.78 is 21.1. The van der Waals surface area contributed by atoms with Gasteiger partial charge in [-0.15, -0.1) is 4.73 Å². The summed E-state index contributed by atoms with van der Waals surface area (Å²) in [5, 5.41) is 17.6. The Morgan fingerprint density at radius 1 is 1.13 bits per heavy atom. The summed E-state index contributed by atoms with van der Waals surface area (Å²) >= 11 is 0. The monoisotopic (exact) mass is 471 g/mol. The van der Waals surface area contributed by atoms with E-state index in [9.17, 15) is 10.0 Å². The molecule has 0 saturated carbocycles. The summed E-state index contributed by atoms with van der Waals surface area (Å²) in [6.07, 6.45) is 0.847. The molecule has 0 aromatic carbocycles. The van der Waals surface area contributed by atoms with Gasteiger partial charge in [0.1, 0.15) is 12.3 Å². The van der Waals surface area contributed by atoms with Crippen LogP contribution in [0.2, 0.25) is 36.3 Å². The molecule has 0 spiro atoms. The van der Waals surface area contributed by atoms with Crippen molar-refractivity contribution in [3.63, 3.8) is 0 Å². The maximum absolute atomic E-state index is 12.5. The van der Waals surface area contributed by atoms with Gasteiger partial charge in [0.05, 0.1) is 12.7 Å². The van der Waals surface area contributed by atoms with Gasteiger partial charge in [-0.2, -0.15) is 0 Å². The zero-order valence-electron chi connectivity index (χ0n) is 20.8. The summed E-state index contributed by atoms with van der Waals surface area (Å²) in [6.45, 7) is 22.4. The fourth-order valence-corrected chi connectivity index (χ4v) is 5.30. The molecule has 10 heteroatoms. The summed E-state index contributed by atoms with van der Waals surface area (Å²) in [6, 6.07) is 1.37. The topological polar surface area (TPSA) is 98.7 Å². The minimum absolute atomic E-state index is 0.0355. The van der Waals surface area contributed by atoms with Crippen molar-refractivity contribution in [3.05, 3.63) is 28.2 Å². The normalized spacial score (nSPS) is 23.4. The Morgan fingerprint density at radius 2 is 1.68 bits per heavy atom. The third-order valence-electron chi connectivity index (χ3n) is 7.18. The molecule has 0 amide bonds. The van der Waals surface area contributed by atoms with Crippen LogP contribution in [0.1, 0.15) is 54.2 Å². The number of hydrogen-bond acceptors (Lipinski definition) is 6. The minimum Gasteiger partial charge on any atom is -0.422 e. The zero-order chi connectivity index (χ0) is 24.0. The Morgan fingerprint density at radius 3 is 2.19 bits per heavy atom. The smallest absolute Gasteiger partial charge is 0.364 e. The average Bonchev–Trinajstić information content (AvgIpc) is 2.98. The molecule has 1 fully saturated rings. The summed E-state index contributed by atoms with van der Waals surface area (Å²) in [4.78, 5) is 12.5. The van der Waals surface area contributed by atoms with E-state index in [1.807, 2.05) is 0 Å². The molecule has 0 aliphatic carbocycles. The molecule has 31 heavy (non-hydrogen) atoms. The Hall–Kier alpha value is -1.21. The number of ether oxygens (including phenoxy) is 1. The summed E-state index contributed by atoms with van der Waals surface area (Å²) in [7, 11) is -4.07. The second-order valence-electron chi connectivity index (χ2n) is 11.6. The van der Waals surface area contributed by atoms with Gasteiger partial charge in [-0.05, 0) is 36.3 Å². The molecule has 8 nitrogen and oxygen atoms in total. The van der Waals surface area contributed by atoms with E-state index in [4.69, 9.17) is 19.0 Å². The van der Waals surface area contributed by atoms with Gasteiger partial charge in [-0.1, -0.05) is 41.5 Å². The molecule has 1 aromatic heterocycles. The zero-order valence-corrected chi connectivity index (χ0v) is 22.8. The van der Waals surface area contributed by atoms with Gasteiger partial charge < -0.3 is 18.8 Å². The maximum atomic E-state index is 12.5. The molecule has 1 saturated heterocycles. The Kier molecular flexibility index (Phi) is 7.24. The molecule has 0 radical (unpaired) electrons. The van der Waals surface area contributed by atoms with Crippen LogP contribution in [0.4, 0.5) is 0 Å². The van der Waals surface area contributed by atoms with E-state index in [1.165, 1.54) is 16.8 Å². The molecule has 2 N–H and O–H groups in total.